The molecule has 1 aliphatic carbocycles. The molecule has 1 saturated carbocycles. The maximum Gasteiger partial charge on any atom is 0.245 e. The Kier molecular flexibility index (Phi) is 5.08. The minimum Gasteiger partial charge on any atom is -0.340 e. The molecule has 2 amide bonds. The van der Waals surface area contributed by atoms with Crippen LogP contribution in [0.3, 0.4) is 0 Å². The molecule has 2 aliphatic rings. The maximum atomic E-state index is 12.9. The molecule has 3 atom stereocenters. The second-order valence-corrected chi connectivity index (χ2v) is 7.37. The summed E-state index contributed by atoms with van der Waals surface area (Å²) in [6.07, 6.45) is 3.68. The van der Waals surface area contributed by atoms with Crippen molar-refractivity contribution in [3.63, 3.8) is 0 Å². The first kappa shape index (κ1) is 17.5. The lowest BCUT2D eigenvalue weighted by molar-refractivity contribution is -0.148. The van der Waals surface area contributed by atoms with Crippen LogP contribution in [0.1, 0.15) is 43.7 Å². The third kappa shape index (κ3) is 3.84. The van der Waals surface area contributed by atoms with Gasteiger partial charge in [-0.2, -0.15) is 5.26 Å². The van der Waals surface area contributed by atoms with E-state index in [1.165, 1.54) is 0 Å². The number of amides is 2. The largest absolute Gasteiger partial charge is 0.340 e. The molecule has 0 bridgehead atoms. The predicted octanol–water partition coefficient (Wildman–Crippen LogP) is 2.55. The molecule has 0 spiro atoms. The van der Waals surface area contributed by atoms with Crippen LogP contribution in [0.15, 0.2) is 24.3 Å². The van der Waals surface area contributed by atoms with Gasteiger partial charge in [-0.3, -0.25) is 9.59 Å². The van der Waals surface area contributed by atoms with Gasteiger partial charge in [0.15, 0.2) is 0 Å². The summed E-state index contributed by atoms with van der Waals surface area (Å²) >= 11 is 0. The molecule has 1 aliphatic heterocycles. The molecule has 0 radical (unpaired) electrons. The normalized spacial score (nSPS) is 25.2. The summed E-state index contributed by atoms with van der Waals surface area (Å²) in [5.74, 6) is 0.766. The molecule has 1 saturated heterocycles. The molecular formula is C20H25N3O2. The van der Waals surface area contributed by atoms with Gasteiger partial charge in [-0.15, -0.1) is 0 Å². The lowest BCUT2D eigenvalue weighted by Crippen LogP contribution is -2.52. The lowest BCUT2D eigenvalue weighted by atomic mass is 9.99. The second-order valence-electron chi connectivity index (χ2n) is 7.37. The lowest BCUT2D eigenvalue weighted by Gasteiger charge is -2.37. The minimum absolute atomic E-state index is 0.0192. The van der Waals surface area contributed by atoms with Gasteiger partial charge in [0.05, 0.1) is 11.6 Å². The van der Waals surface area contributed by atoms with Crippen LogP contribution in [-0.4, -0.2) is 41.2 Å². The van der Waals surface area contributed by atoms with Crippen LogP contribution in [-0.2, 0) is 16.1 Å². The monoisotopic (exact) mass is 339 g/mol. The molecule has 5 heteroatoms. The highest BCUT2D eigenvalue weighted by Gasteiger charge is 2.45. The summed E-state index contributed by atoms with van der Waals surface area (Å²) in [6.45, 7) is 3.28. The Labute approximate surface area is 149 Å². The number of carbonyl (C=O) groups is 2. The SMILES string of the molecule is C[C@@H]1C[C@@H]1C(=O)N1CCCC[C@H]1C(=O)N(C)Cc1ccc(C#N)cc1. The third-order valence-corrected chi connectivity index (χ3v) is 5.38. The molecule has 1 heterocycles. The summed E-state index contributed by atoms with van der Waals surface area (Å²) in [5, 5.41) is 8.87. The molecular weight excluding hydrogens is 314 g/mol. The molecule has 2 fully saturated rings. The molecule has 0 unspecified atom stereocenters. The smallest absolute Gasteiger partial charge is 0.245 e. The first-order chi connectivity index (χ1) is 12.0. The van der Waals surface area contributed by atoms with Gasteiger partial charge >= 0.3 is 0 Å². The van der Waals surface area contributed by atoms with Crippen molar-refractivity contribution in [2.75, 3.05) is 13.6 Å². The summed E-state index contributed by atoms with van der Waals surface area (Å²) in [7, 11) is 1.79. The Balaban J connectivity index is 1.66. The van der Waals surface area contributed by atoms with Crippen molar-refractivity contribution in [3.05, 3.63) is 35.4 Å². The molecule has 132 valence electrons. The van der Waals surface area contributed by atoms with Crippen molar-refractivity contribution >= 4 is 11.8 Å². The Bertz CT molecular complexity index is 692. The van der Waals surface area contributed by atoms with Gasteiger partial charge in [-0.1, -0.05) is 19.1 Å². The summed E-state index contributed by atoms with van der Waals surface area (Å²) in [5.41, 5.74) is 1.60. The van der Waals surface area contributed by atoms with E-state index in [-0.39, 0.29) is 23.8 Å². The van der Waals surface area contributed by atoms with Crippen molar-refractivity contribution in [3.8, 4) is 6.07 Å². The Morgan fingerprint density at radius 3 is 2.56 bits per heavy atom. The van der Waals surface area contributed by atoms with Gasteiger partial charge < -0.3 is 9.80 Å². The van der Waals surface area contributed by atoms with Gasteiger partial charge in [-0.05, 0) is 49.3 Å². The van der Waals surface area contributed by atoms with Crippen LogP contribution >= 0.6 is 0 Å². The van der Waals surface area contributed by atoms with Crippen LogP contribution in [0.25, 0.3) is 0 Å². The number of carbonyl (C=O) groups excluding carboxylic acids is 2. The number of nitriles is 1. The summed E-state index contributed by atoms with van der Waals surface area (Å²) in [4.78, 5) is 29.1. The van der Waals surface area contributed by atoms with Gasteiger partial charge in [0.2, 0.25) is 11.8 Å². The van der Waals surface area contributed by atoms with Crippen molar-refractivity contribution < 1.29 is 9.59 Å². The van der Waals surface area contributed by atoms with Gasteiger partial charge in [0.25, 0.3) is 0 Å². The average molecular weight is 339 g/mol. The fourth-order valence-electron chi connectivity index (χ4n) is 3.62. The molecule has 25 heavy (non-hydrogen) atoms. The van der Waals surface area contributed by atoms with E-state index >= 15 is 0 Å². The zero-order valence-corrected chi connectivity index (χ0v) is 14.9. The number of likely N-dealkylation sites (N-methyl/N-ethyl adjacent to an activating group) is 1. The van der Waals surface area contributed by atoms with E-state index in [2.05, 4.69) is 13.0 Å². The zero-order chi connectivity index (χ0) is 18.0. The summed E-state index contributed by atoms with van der Waals surface area (Å²) < 4.78 is 0. The molecule has 0 N–H and O–H groups in total. The maximum absolute atomic E-state index is 12.9. The van der Waals surface area contributed by atoms with E-state index in [0.717, 1.165) is 31.2 Å². The molecule has 5 nitrogen and oxygen atoms in total. The third-order valence-electron chi connectivity index (χ3n) is 5.38. The highest BCUT2D eigenvalue weighted by Crippen LogP contribution is 2.40. The van der Waals surface area contributed by atoms with Crippen LogP contribution in [0.5, 0.6) is 0 Å². The number of likely N-dealkylation sites (tertiary alicyclic amines) is 1. The van der Waals surface area contributed by atoms with Gasteiger partial charge in [0, 0.05) is 26.1 Å². The second kappa shape index (κ2) is 7.26. The van der Waals surface area contributed by atoms with E-state index in [4.69, 9.17) is 5.26 Å². The van der Waals surface area contributed by atoms with Gasteiger partial charge in [0.1, 0.15) is 6.04 Å². The average Bonchev–Trinajstić information content (AvgIpc) is 3.37. The minimum atomic E-state index is -0.322. The van der Waals surface area contributed by atoms with Crippen LogP contribution in [0, 0.1) is 23.2 Å². The predicted molar refractivity (Wildman–Crippen MR) is 94.3 cm³/mol. The highest BCUT2D eigenvalue weighted by atomic mass is 16.2. The molecule has 1 aromatic carbocycles. The standard InChI is InChI=1S/C20H25N3O2/c1-14-11-17(14)19(24)23-10-4-3-5-18(23)20(25)22(2)13-16-8-6-15(12-21)7-9-16/h6-9,14,17-18H,3-5,10-11,13H2,1-2H3/t14-,17+,18+/m1/s1. The number of hydrogen-bond donors (Lipinski definition) is 0. The molecule has 3 rings (SSSR count). The topological polar surface area (TPSA) is 64.4 Å². The van der Waals surface area contributed by atoms with E-state index in [1.54, 1.807) is 24.1 Å². The van der Waals surface area contributed by atoms with E-state index in [1.807, 2.05) is 17.0 Å². The van der Waals surface area contributed by atoms with E-state index < -0.39 is 0 Å². The van der Waals surface area contributed by atoms with Crippen molar-refractivity contribution in [2.24, 2.45) is 11.8 Å². The highest BCUT2D eigenvalue weighted by molar-refractivity contribution is 5.89. The number of hydrogen-bond acceptors (Lipinski definition) is 3. The fourth-order valence-corrected chi connectivity index (χ4v) is 3.62. The first-order valence-electron chi connectivity index (χ1n) is 9.05. The number of piperidine rings is 1. The number of nitrogens with zero attached hydrogens (tertiary/aromatic N) is 3. The van der Waals surface area contributed by atoms with E-state index in [9.17, 15) is 9.59 Å². The van der Waals surface area contributed by atoms with Crippen LogP contribution in [0.2, 0.25) is 0 Å². The van der Waals surface area contributed by atoms with Crippen LogP contribution in [0.4, 0.5) is 0 Å². The Morgan fingerprint density at radius 1 is 1.28 bits per heavy atom. The van der Waals surface area contributed by atoms with Crippen LogP contribution < -0.4 is 0 Å². The van der Waals surface area contributed by atoms with Crippen molar-refractivity contribution in [1.29, 1.82) is 5.26 Å². The van der Waals surface area contributed by atoms with E-state index in [0.29, 0.717) is 24.6 Å². The number of benzene rings is 1. The number of rotatable bonds is 4. The molecule has 1 aromatic rings. The molecule has 0 aromatic heterocycles. The summed E-state index contributed by atoms with van der Waals surface area (Å²) in [6, 6.07) is 9.04. The van der Waals surface area contributed by atoms with Crippen molar-refractivity contribution in [1.82, 2.24) is 9.80 Å². The fraction of sp³-hybridized carbons (Fsp3) is 0.550. The van der Waals surface area contributed by atoms with Crippen molar-refractivity contribution in [2.45, 2.75) is 45.2 Å². The Hall–Kier alpha value is -2.35. The zero-order valence-electron chi connectivity index (χ0n) is 14.9. The quantitative estimate of drug-likeness (QED) is 0.847. The Morgan fingerprint density at radius 2 is 1.96 bits per heavy atom. The van der Waals surface area contributed by atoms with Gasteiger partial charge in [-0.25, -0.2) is 0 Å². The first-order valence-corrected chi connectivity index (χ1v) is 9.05.